The molecule has 7 heteroatoms. The van der Waals surface area contributed by atoms with Gasteiger partial charge in [0.05, 0.1) is 10.5 Å². The van der Waals surface area contributed by atoms with E-state index in [4.69, 9.17) is 11.6 Å². The van der Waals surface area contributed by atoms with E-state index in [0.29, 0.717) is 19.4 Å². The number of nitro benzene ring substituents is 1. The molecule has 1 fully saturated rings. The van der Waals surface area contributed by atoms with Crippen molar-refractivity contribution in [1.29, 1.82) is 0 Å². The Morgan fingerprint density at radius 2 is 2.25 bits per heavy atom. The van der Waals surface area contributed by atoms with Gasteiger partial charge in [-0.05, 0) is 31.9 Å². The van der Waals surface area contributed by atoms with Gasteiger partial charge in [-0.2, -0.15) is 0 Å². The van der Waals surface area contributed by atoms with E-state index in [1.165, 1.54) is 23.1 Å². The summed E-state index contributed by atoms with van der Waals surface area (Å²) in [5.74, 6) is -0.473. The largest absolute Gasteiger partial charge is 0.388 e. The third-order valence-corrected chi connectivity index (χ3v) is 3.58. The van der Waals surface area contributed by atoms with Crippen molar-refractivity contribution in [3.05, 3.63) is 38.9 Å². The van der Waals surface area contributed by atoms with Crippen LogP contribution in [-0.4, -0.2) is 39.5 Å². The number of carbonyl (C=O) groups is 1. The highest BCUT2D eigenvalue weighted by atomic mass is 35.5. The van der Waals surface area contributed by atoms with Crippen molar-refractivity contribution in [3.8, 4) is 0 Å². The lowest BCUT2D eigenvalue weighted by Crippen LogP contribution is -2.48. The van der Waals surface area contributed by atoms with E-state index in [1.54, 1.807) is 6.92 Å². The Kier molecular flexibility index (Phi) is 3.96. The van der Waals surface area contributed by atoms with Gasteiger partial charge in [0.15, 0.2) is 0 Å². The van der Waals surface area contributed by atoms with Crippen molar-refractivity contribution in [2.75, 3.05) is 13.1 Å². The number of piperidine rings is 1. The van der Waals surface area contributed by atoms with Gasteiger partial charge in [0.25, 0.3) is 11.6 Å². The van der Waals surface area contributed by atoms with Crippen LogP contribution in [0.2, 0.25) is 5.02 Å². The second-order valence-electron chi connectivity index (χ2n) is 5.25. The Bertz CT molecular complexity index is 559. The maximum Gasteiger partial charge on any atom is 0.282 e. The first-order chi connectivity index (χ1) is 9.30. The predicted octanol–water partition coefficient (Wildman–Crippen LogP) is 2.24. The number of β-amino-alcohol motifs (C(OH)–C–C–N with tert-alkyl or cyclic N) is 1. The van der Waals surface area contributed by atoms with Gasteiger partial charge in [-0.15, -0.1) is 0 Å². The highest BCUT2D eigenvalue weighted by Crippen LogP contribution is 2.27. The third-order valence-electron chi connectivity index (χ3n) is 3.35. The Morgan fingerprint density at radius 1 is 1.55 bits per heavy atom. The maximum atomic E-state index is 12.4. The van der Waals surface area contributed by atoms with Crippen molar-refractivity contribution in [2.45, 2.75) is 25.4 Å². The molecule has 1 aromatic rings. The Balaban J connectivity index is 2.33. The summed E-state index contributed by atoms with van der Waals surface area (Å²) in [6.45, 7) is 2.28. The van der Waals surface area contributed by atoms with E-state index in [-0.39, 0.29) is 22.8 Å². The zero-order chi connectivity index (χ0) is 14.9. The maximum absolute atomic E-state index is 12.4. The van der Waals surface area contributed by atoms with Crippen molar-refractivity contribution in [1.82, 2.24) is 4.90 Å². The molecule has 1 aliphatic rings. The summed E-state index contributed by atoms with van der Waals surface area (Å²) < 4.78 is 0. The molecule has 1 amide bonds. The van der Waals surface area contributed by atoms with Gasteiger partial charge in [-0.1, -0.05) is 11.6 Å². The number of benzene rings is 1. The van der Waals surface area contributed by atoms with Crippen LogP contribution >= 0.6 is 11.6 Å². The van der Waals surface area contributed by atoms with Crippen LogP contribution in [0, 0.1) is 10.1 Å². The number of likely N-dealkylation sites (tertiary alicyclic amines) is 1. The van der Waals surface area contributed by atoms with E-state index in [1.807, 2.05) is 0 Å². The van der Waals surface area contributed by atoms with Gasteiger partial charge in [0.1, 0.15) is 5.56 Å². The zero-order valence-electron chi connectivity index (χ0n) is 11.0. The molecule has 20 heavy (non-hydrogen) atoms. The molecule has 1 aromatic carbocycles. The van der Waals surface area contributed by atoms with Crippen LogP contribution in [0.1, 0.15) is 30.1 Å². The first-order valence-corrected chi connectivity index (χ1v) is 6.63. The first-order valence-electron chi connectivity index (χ1n) is 6.26. The Labute approximate surface area is 121 Å². The molecule has 6 nitrogen and oxygen atoms in total. The van der Waals surface area contributed by atoms with Gasteiger partial charge in [-0.25, -0.2) is 0 Å². The summed E-state index contributed by atoms with van der Waals surface area (Å²) in [4.78, 5) is 24.2. The highest BCUT2D eigenvalue weighted by molar-refractivity contribution is 6.31. The number of aliphatic hydroxyl groups is 1. The molecule has 1 atom stereocenters. The summed E-state index contributed by atoms with van der Waals surface area (Å²) in [5.41, 5.74) is -1.27. The lowest BCUT2D eigenvalue weighted by atomic mass is 9.94. The molecule has 1 heterocycles. The highest BCUT2D eigenvalue weighted by Gasteiger charge is 2.33. The van der Waals surface area contributed by atoms with Gasteiger partial charge in [-0.3, -0.25) is 14.9 Å². The second-order valence-corrected chi connectivity index (χ2v) is 5.68. The summed E-state index contributed by atoms with van der Waals surface area (Å²) in [5, 5.41) is 21.3. The minimum Gasteiger partial charge on any atom is -0.388 e. The fraction of sp³-hybridized carbons (Fsp3) is 0.462. The van der Waals surface area contributed by atoms with Crippen molar-refractivity contribution in [2.24, 2.45) is 0 Å². The molecular weight excluding hydrogens is 284 g/mol. The number of halogens is 1. The minimum atomic E-state index is -0.957. The molecular formula is C13H15ClN2O4. The molecule has 0 bridgehead atoms. The topological polar surface area (TPSA) is 83.7 Å². The van der Waals surface area contributed by atoms with Gasteiger partial charge in [0.2, 0.25) is 0 Å². The SMILES string of the molecule is CC1(O)CCCN(C(=O)c2cc(Cl)ccc2[N+](=O)[O-])C1. The first kappa shape index (κ1) is 14.7. The normalized spacial score (nSPS) is 22.6. The fourth-order valence-electron chi connectivity index (χ4n) is 2.40. The second kappa shape index (κ2) is 5.38. The van der Waals surface area contributed by atoms with Crippen LogP contribution in [-0.2, 0) is 0 Å². The van der Waals surface area contributed by atoms with Crippen LogP contribution in [0.4, 0.5) is 5.69 Å². The number of hydrogen-bond donors (Lipinski definition) is 1. The minimum absolute atomic E-state index is 0.0415. The van der Waals surface area contributed by atoms with Crippen LogP contribution < -0.4 is 0 Å². The van der Waals surface area contributed by atoms with Crippen LogP contribution in [0.25, 0.3) is 0 Å². The molecule has 0 aliphatic carbocycles. The van der Waals surface area contributed by atoms with Crippen LogP contribution in [0.15, 0.2) is 18.2 Å². The standard InChI is InChI=1S/C13H15ClN2O4/c1-13(18)5-2-6-15(8-13)12(17)10-7-9(14)3-4-11(10)16(19)20/h3-4,7,18H,2,5-6,8H2,1H3. The molecule has 0 spiro atoms. The molecule has 1 saturated heterocycles. The average molecular weight is 299 g/mol. The van der Waals surface area contributed by atoms with Crippen LogP contribution in [0.5, 0.6) is 0 Å². The molecule has 1 N–H and O–H groups in total. The number of rotatable bonds is 2. The van der Waals surface area contributed by atoms with E-state index >= 15 is 0 Å². The smallest absolute Gasteiger partial charge is 0.282 e. The number of nitrogens with zero attached hydrogens (tertiary/aromatic N) is 2. The van der Waals surface area contributed by atoms with Crippen LogP contribution in [0.3, 0.4) is 0 Å². The molecule has 1 unspecified atom stereocenters. The van der Waals surface area contributed by atoms with E-state index in [2.05, 4.69) is 0 Å². The summed E-state index contributed by atoms with van der Waals surface area (Å²) in [6, 6.07) is 3.89. The number of hydrogen-bond acceptors (Lipinski definition) is 4. The lowest BCUT2D eigenvalue weighted by Gasteiger charge is -2.36. The van der Waals surface area contributed by atoms with E-state index < -0.39 is 16.4 Å². The number of carbonyl (C=O) groups excluding carboxylic acids is 1. The van der Waals surface area contributed by atoms with Gasteiger partial charge >= 0.3 is 0 Å². The Morgan fingerprint density at radius 3 is 2.85 bits per heavy atom. The van der Waals surface area contributed by atoms with E-state index in [0.717, 1.165) is 0 Å². The monoisotopic (exact) mass is 298 g/mol. The summed E-state index contributed by atoms with van der Waals surface area (Å²) in [7, 11) is 0. The molecule has 108 valence electrons. The van der Waals surface area contributed by atoms with Gasteiger partial charge < -0.3 is 10.0 Å². The van der Waals surface area contributed by atoms with Crippen molar-refractivity contribution >= 4 is 23.2 Å². The number of nitro groups is 1. The molecule has 0 radical (unpaired) electrons. The lowest BCUT2D eigenvalue weighted by molar-refractivity contribution is -0.385. The fourth-order valence-corrected chi connectivity index (χ4v) is 2.57. The predicted molar refractivity (Wildman–Crippen MR) is 73.9 cm³/mol. The molecule has 0 saturated carbocycles. The number of amides is 1. The van der Waals surface area contributed by atoms with Gasteiger partial charge in [0, 0.05) is 24.2 Å². The Hall–Kier alpha value is -1.66. The summed E-state index contributed by atoms with van der Waals surface area (Å²) >= 11 is 5.82. The average Bonchev–Trinajstić information content (AvgIpc) is 2.36. The zero-order valence-corrected chi connectivity index (χ0v) is 11.8. The summed E-state index contributed by atoms with van der Waals surface area (Å²) in [6.07, 6.45) is 1.27. The van der Waals surface area contributed by atoms with Crippen molar-refractivity contribution < 1.29 is 14.8 Å². The van der Waals surface area contributed by atoms with E-state index in [9.17, 15) is 20.0 Å². The quantitative estimate of drug-likeness (QED) is 0.670. The molecule has 1 aliphatic heterocycles. The molecule has 2 rings (SSSR count). The molecule has 0 aromatic heterocycles. The van der Waals surface area contributed by atoms with Crippen molar-refractivity contribution in [3.63, 3.8) is 0 Å². The third kappa shape index (κ3) is 3.08.